The Morgan fingerprint density at radius 1 is 1.17 bits per heavy atom. The van der Waals surface area contributed by atoms with Crippen molar-refractivity contribution in [2.24, 2.45) is 0 Å². The molecule has 0 amide bonds. The number of nitrogens with zero attached hydrogens (tertiary/aromatic N) is 3. The molecule has 2 aromatic rings. The van der Waals surface area contributed by atoms with E-state index in [9.17, 15) is 22.4 Å². The van der Waals surface area contributed by atoms with E-state index in [1.165, 1.54) is 13.0 Å². The van der Waals surface area contributed by atoms with E-state index in [-0.39, 0.29) is 11.4 Å². The van der Waals surface area contributed by atoms with Crippen molar-refractivity contribution in [2.75, 3.05) is 7.11 Å². The van der Waals surface area contributed by atoms with Gasteiger partial charge in [0.2, 0.25) is 5.95 Å². The van der Waals surface area contributed by atoms with Gasteiger partial charge in [-0.2, -0.15) is 17.6 Å². The number of halogens is 4. The second kappa shape index (κ2) is 6.38. The molecule has 0 aliphatic carbocycles. The SMILES string of the molecule is COC(=O)c1c(Oc2ccc(F)nc2C)nnc(C(F)(F)F)c1C. The highest BCUT2D eigenvalue weighted by atomic mass is 19.4. The van der Waals surface area contributed by atoms with Crippen LogP contribution in [0.5, 0.6) is 11.6 Å². The maximum absolute atomic E-state index is 13.0. The summed E-state index contributed by atoms with van der Waals surface area (Å²) in [5.41, 5.74) is -2.23. The molecule has 0 saturated heterocycles. The number of aromatic nitrogens is 3. The molecule has 0 aliphatic rings. The molecule has 0 saturated carbocycles. The second-order valence-electron chi connectivity index (χ2n) is 4.66. The molecular weight excluding hydrogens is 334 g/mol. The molecule has 128 valence electrons. The lowest BCUT2D eigenvalue weighted by Gasteiger charge is -2.15. The van der Waals surface area contributed by atoms with Gasteiger partial charge in [0.1, 0.15) is 5.56 Å². The van der Waals surface area contributed by atoms with Crippen LogP contribution in [0.1, 0.15) is 27.3 Å². The van der Waals surface area contributed by atoms with Crippen LogP contribution in [0.4, 0.5) is 17.6 Å². The molecule has 24 heavy (non-hydrogen) atoms. The van der Waals surface area contributed by atoms with Crippen molar-refractivity contribution in [3.8, 4) is 11.6 Å². The number of carbonyl (C=O) groups is 1. The van der Waals surface area contributed by atoms with E-state index in [1.807, 2.05) is 0 Å². The van der Waals surface area contributed by atoms with Gasteiger partial charge in [0.15, 0.2) is 11.4 Å². The Bertz CT molecular complexity index is 794. The van der Waals surface area contributed by atoms with Gasteiger partial charge in [0.05, 0.1) is 12.8 Å². The van der Waals surface area contributed by atoms with Crippen molar-refractivity contribution in [3.05, 3.63) is 40.6 Å². The summed E-state index contributed by atoms with van der Waals surface area (Å²) >= 11 is 0. The van der Waals surface area contributed by atoms with Gasteiger partial charge in [0.25, 0.3) is 5.88 Å². The van der Waals surface area contributed by atoms with Crippen molar-refractivity contribution in [3.63, 3.8) is 0 Å². The lowest BCUT2D eigenvalue weighted by Crippen LogP contribution is -2.17. The molecule has 6 nitrogen and oxygen atoms in total. The summed E-state index contributed by atoms with van der Waals surface area (Å²) in [6, 6.07) is 2.19. The van der Waals surface area contributed by atoms with E-state index in [0.29, 0.717) is 0 Å². The molecule has 2 rings (SSSR count). The minimum absolute atomic E-state index is 0.00927. The van der Waals surface area contributed by atoms with Crippen molar-refractivity contribution in [2.45, 2.75) is 20.0 Å². The number of methoxy groups -OCH3 is 1. The molecule has 0 aromatic carbocycles. The van der Waals surface area contributed by atoms with Gasteiger partial charge in [-0.15, -0.1) is 10.2 Å². The van der Waals surface area contributed by atoms with Crippen molar-refractivity contribution in [1.29, 1.82) is 0 Å². The quantitative estimate of drug-likeness (QED) is 0.483. The summed E-state index contributed by atoms with van der Waals surface area (Å²) in [5, 5.41) is 6.39. The predicted molar refractivity (Wildman–Crippen MR) is 72.1 cm³/mol. The zero-order valence-electron chi connectivity index (χ0n) is 12.7. The van der Waals surface area contributed by atoms with Crippen LogP contribution in [-0.4, -0.2) is 28.3 Å². The highest BCUT2D eigenvalue weighted by Crippen LogP contribution is 2.35. The first-order chi connectivity index (χ1) is 11.1. The number of pyridine rings is 1. The van der Waals surface area contributed by atoms with Crippen LogP contribution in [0.25, 0.3) is 0 Å². The van der Waals surface area contributed by atoms with Gasteiger partial charge in [-0.3, -0.25) is 0 Å². The molecule has 0 radical (unpaired) electrons. The molecule has 0 spiro atoms. The average Bonchev–Trinajstić information content (AvgIpc) is 2.48. The predicted octanol–water partition coefficient (Wildman–Crippen LogP) is 3.23. The minimum atomic E-state index is -4.80. The van der Waals surface area contributed by atoms with Gasteiger partial charge in [-0.1, -0.05) is 0 Å². The van der Waals surface area contributed by atoms with E-state index in [4.69, 9.17) is 4.74 Å². The first-order valence-electron chi connectivity index (χ1n) is 6.49. The third kappa shape index (κ3) is 3.42. The Balaban J connectivity index is 2.57. The lowest BCUT2D eigenvalue weighted by molar-refractivity contribution is -0.142. The van der Waals surface area contributed by atoms with Crippen molar-refractivity contribution < 1.29 is 31.8 Å². The van der Waals surface area contributed by atoms with Gasteiger partial charge in [0, 0.05) is 5.56 Å². The lowest BCUT2D eigenvalue weighted by atomic mass is 10.1. The second-order valence-corrected chi connectivity index (χ2v) is 4.66. The number of rotatable bonds is 3. The fourth-order valence-corrected chi connectivity index (χ4v) is 1.91. The van der Waals surface area contributed by atoms with Crippen molar-refractivity contribution >= 4 is 5.97 Å². The highest BCUT2D eigenvalue weighted by molar-refractivity contribution is 5.93. The third-order valence-corrected chi connectivity index (χ3v) is 3.05. The smallest absolute Gasteiger partial charge is 0.435 e. The van der Waals surface area contributed by atoms with Crippen LogP contribution >= 0.6 is 0 Å². The first kappa shape index (κ1) is 17.6. The minimum Gasteiger partial charge on any atom is -0.465 e. The Morgan fingerprint density at radius 3 is 2.38 bits per heavy atom. The molecule has 0 unspecified atom stereocenters. The maximum atomic E-state index is 13.0. The molecule has 10 heteroatoms. The fourth-order valence-electron chi connectivity index (χ4n) is 1.91. The molecule has 2 aromatic heterocycles. The standard InChI is InChI=1S/C14H11F4N3O3/c1-6-10(13(22)23-3)12(21-20-11(6)14(16,17)18)24-8-4-5-9(15)19-7(8)2/h4-5H,1-3H3. The van der Waals surface area contributed by atoms with Crippen LogP contribution in [0.15, 0.2) is 12.1 Å². The fraction of sp³-hybridized carbons (Fsp3) is 0.286. The van der Waals surface area contributed by atoms with Crippen LogP contribution in [0.3, 0.4) is 0 Å². The molecule has 0 bridgehead atoms. The molecule has 0 N–H and O–H groups in total. The molecule has 2 heterocycles. The number of carbonyl (C=O) groups excluding carboxylic acids is 1. The van der Waals surface area contributed by atoms with E-state index in [0.717, 1.165) is 20.1 Å². The molecule has 0 aliphatic heterocycles. The number of hydrogen-bond acceptors (Lipinski definition) is 6. The summed E-state index contributed by atoms with van der Waals surface area (Å²) in [6.45, 7) is 2.47. The Hall–Kier alpha value is -2.78. The third-order valence-electron chi connectivity index (χ3n) is 3.05. The first-order valence-corrected chi connectivity index (χ1v) is 6.49. The molecular formula is C14H11F4N3O3. The average molecular weight is 345 g/mol. The topological polar surface area (TPSA) is 74.2 Å². The van der Waals surface area contributed by atoms with Gasteiger partial charge < -0.3 is 9.47 Å². The summed E-state index contributed by atoms with van der Waals surface area (Å²) in [4.78, 5) is 15.4. The normalized spacial score (nSPS) is 11.3. The summed E-state index contributed by atoms with van der Waals surface area (Å²) in [7, 11) is 1.00. The maximum Gasteiger partial charge on any atom is 0.435 e. The number of hydrogen-bond donors (Lipinski definition) is 0. The van der Waals surface area contributed by atoms with Gasteiger partial charge in [-0.05, 0) is 26.0 Å². The van der Waals surface area contributed by atoms with Crippen LogP contribution in [0.2, 0.25) is 0 Å². The zero-order chi connectivity index (χ0) is 18.1. The largest absolute Gasteiger partial charge is 0.465 e. The van der Waals surface area contributed by atoms with Crippen LogP contribution < -0.4 is 4.74 Å². The summed E-state index contributed by atoms with van der Waals surface area (Å²) in [6.07, 6.45) is -4.80. The Kier molecular flexibility index (Phi) is 4.67. The van der Waals surface area contributed by atoms with Crippen LogP contribution in [-0.2, 0) is 10.9 Å². The number of esters is 1. The van der Waals surface area contributed by atoms with Gasteiger partial charge in [-0.25, -0.2) is 9.78 Å². The summed E-state index contributed by atoms with van der Waals surface area (Å²) in [5.74, 6) is -2.32. The zero-order valence-corrected chi connectivity index (χ0v) is 12.7. The Morgan fingerprint density at radius 2 is 1.83 bits per heavy atom. The van der Waals surface area contributed by atoms with E-state index in [2.05, 4.69) is 19.9 Å². The Labute approximate surface area is 133 Å². The van der Waals surface area contributed by atoms with Gasteiger partial charge >= 0.3 is 12.1 Å². The number of alkyl halides is 3. The number of aryl methyl sites for hydroxylation is 1. The van der Waals surface area contributed by atoms with Crippen LogP contribution in [0, 0.1) is 19.8 Å². The number of ether oxygens (including phenoxy) is 2. The van der Waals surface area contributed by atoms with E-state index < -0.39 is 40.8 Å². The van der Waals surface area contributed by atoms with E-state index >= 15 is 0 Å². The molecule has 0 atom stereocenters. The molecule has 0 fully saturated rings. The summed E-state index contributed by atoms with van der Waals surface area (Å²) < 4.78 is 61.5. The monoisotopic (exact) mass is 345 g/mol. The van der Waals surface area contributed by atoms with Crippen molar-refractivity contribution in [1.82, 2.24) is 15.2 Å². The van der Waals surface area contributed by atoms with E-state index in [1.54, 1.807) is 0 Å². The highest BCUT2D eigenvalue weighted by Gasteiger charge is 2.38.